The summed E-state index contributed by atoms with van der Waals surface area (Å²) in [6.45, 7) is 3.11. The van der Waals surface area contributed by atoms with Crippen molar-refractivity contribution in [2.75, 3.05) is 6.61 Å². The van der Waals surface area contributed by atoms with Crippen molar-refractivity contribution in [1.82, 2.24) is 9.38 Å². The van der Waals surface area contributed by atoms with Gasteiger partial charge in [0.1, 0.15) is 5.75 Å². The Hall–Kier alpha value is -1.85. The first-order valence-corrected chi connectivity index (χ1v) is 7.09. The maximum absolute atomic E-state index is 5.78. The molecule has 0 atom stereocenters. The van der Waals surface area contributed by atoms with Crippen LogP contribution >= 0.6 is 11.3 Å². The van der Waals surface area contributed by atoms with Gasteiger partial charge in [-0.25, -0.2) is 4.98 Å². The Labute approximate surface area is 115 Å². The van der Waals surface area contributed by atoms with E-state index in [4.69, 9.17) is 10.5 Å². The van der Waals surface area contributed by atoms with E-state index in [1.165, 1.54) is 0 Å². The number of hydrogen-bond donors (Lipinski definition) is 1. The van der Waals surface area contributed by atoms with Crippen LogP contribution in [0.3, 0.4) is 0 Å². The monoisotopic (exact) mass is 273 g/mol. The van der Waals surface area contributed by atoms with Crippen molar-refractivity contribution in [1.29, 1.82) is 0 Å². The number of thiazole rings is 1. The summed E-state index contributed by atoms with van der Waals surface area (Å²) in [5.41, 5.74) is 8.95. The number of aromatic nitrogens is 2. The minimum absolute atomic E-state index is 0.474. The van der Waals surface area contributed by atoms with Gasteiger partial charge in [0.15, 0.2) is 4.96 Å². The molecule has 2 heterocycles. The van der Waals surface area contributed by atoms with Crippen molar-refractivity contribution in [3.8, 4) is 17.0 Å². The van der Waals surface area contributed by atoms with Gasteiger partial charge < -0.3 is 10.5 Å². The zero-order valence-corrected chi connectivity index (χ0v) is 11.5. The summed E-state index contributed by atoms with van der Waals surface area (Å²) in [6.07, 6.45) is 1.83. The second-order valence-electron chi connectivity index (χ2n) is 4.12. The van der Waals surface area contributed by atoms with Gasteiger partial charge >= 0.3 is 0 Å². The summed E-state index contributed by atoms with van der Waals surface area (Å²) in [5, 5.41) is 2.10. The van der Waals surface area contributed by atoms with E-state index in [0.717, 1.165) is 27.7 Å². The summed E-state index contributed by atoms with van der Waals surface area (Å²) < 4.78 is 7.80. The average Bonchev–Trinajstić information content (AvgIpc) is 3.01. The maximum atomic E-state index is 5.78. The van der Waals surface area contributed by atoms with Crippen molar-refractivity contribution in [2.24, 2.45) is 5.73 Å². The molecule has 2 aromatic heterocycles. The van der Waals surface area contributed by atoms with Gasteiger partial charge in [-0.2, -0.15) is 0 Å². The lowest BCUT2D eigenvalue weighted by molar-refractivity contribution is 0.341. The molecule has 0 amide bonds. The van der Waals surface area contributed by atoms with Crippen LogP contribution in [0.4, 0.5) is 0 Å². The fraction of sp³-hybridized carbons (Fsp3) is 0.214. The normalized spacial score (nSPS) is 11.1. The number of para-hydroxylation sites is 1. The van der Waals surface area contributed by atoms with Crippen LogP contribution in [0.2, 0.25) is 0 Å². The summed E-state index contributed by atoms with van der Waals surface area (Å²) >= 11 is 1.61. The minimum atomic E-state index is 0.474. The number of hydrogen-bond acceptors (Lipinski definition) is 4. The summed E-state index contributed by atoms with van der Waals surface area (Å²) in [4.78, 5) is 5.33. The van der Waals surface area contributed by atoms with Gasteiger partial charge in [0.25, 0.3) is 0 Å². The highest BCUT2D eigenvalue weighted by molar-refractivity contribution is 7.15. The van der Waals surface area contributed by atoms with E-state index in [-0.39, 0.29) is 0 Å². The van der Waals surface area contributed by atoms with Crippen LogP contribution in [0.5, 0.6) is 5.75 Å². The van der Waals surface area contributed by atoms with Crippen molar-refractivity contribution in [3.05, 3.63) is 41.5 Å². The molecule has 0 unspecified atom stereocenters. The molecule has 0 bridgehead atoms. The molecule has 5 heteroatoms. The second kappa shape index (κ2) is 5.03. The van der Waals surface area contributed by atoms with Crippen LogP contribution < -0.4 is 10.5 Å². The molecule has 4 nitrogen and oxygen atoms in total. The van der Waals surface area contributed by atoms with Crippen LogP contribution in [0.25, 0.3) is 16.2 Å². The van der Waals surface area contributed by atoms with Crippen molar-refractivity contribution in [3.63, 3.8) is 0 Å². The van der Waals surface area contributed by atoms with E-state index >= 15 is 0 Å². The van der Waals surface area contributed by atoms with Gasteiger partial charge in [-0.05, 0) is 19.1 Å². The standard InChI is InChI=1S/C14H15N3OS/c1-2-18-13-6-4-3-5-11(13)12-9-19-14-16-8-10(7-15)17(12)14/h3-6,8-9H,2,7,15H2,1H3. The molecular formula is C14H15N3OS. The third-order valence-corrected chi connectivity index (χ3v) is 3.83. The lowest BCUT2D eigenvalue weighted by Crippen LogP contribution is -2.02. The highest BCUT2D eigenvalue weighted by atomic mass is 32.1. The predicted molar refractivity (Wildman–Crippen MR) is 77.6 cm³/mol. The highest BCUT2D eigenvalue weighted by Crippen LogP contribution is 2.33. The molecule has 19 heavy (non-hydrogen) atoms. The van der Waals surface area contributed by atoms with E-state index in [9.17, 15) is 0 Å². The van der Waals surface area contributed by atoms with Crippen LogP contribution in [0.1, 0.15) is 12.6 Å². The zero-order valence-electron chi connectivity index (χ0n) is 10.7. The molecule has 0 spiro atoms. The number of benzene rings is 1. The number of nitrogens with zero attached hydrogens (tertiary/aromatic N) is 2. The Balaban J connectivity index is 2.21. The molecule has 0 aliphatic carbocycles. The Morgan fingerprint density at radius 2 is 2.21 bits per heavy atom. The molecule has 0 aliphatic rings. The van der Waals surface area contributed by atoms with E-state index in [1.54, 1.807) is 11.3 Å². The lowest BCUT2D eigenvalue weighted by Gasteiger charge is -2.10. The van der Waals surface area contributed by atoms with E-state index in [2.05, 4.69) is 20.8 Å². The number of imidazole rings is 1. The number of fused-ring (bicyclic) bond motifs is 1. The van der Waals surface area contributed by atoms with Crippen molar-refractivity contribution in [2.45, 2.75) is 13.5 Å². The van der Waals surface area contributed by atoms with Crippen molar-refractivity contribution < 1.29 is 4.74 Å². The largest absolute Gasteiger partial charge is 0.493 e. The number of rotatable bonds is 4. The third kappa shape index (κ3) is 2.01. The first-order valence-electron chi connectivity index (χ1n) is 6.21. The van der Waals surface area contributed by atoms with Crippen LogP contribution in [-0.2, 0) is 6.54 Å². The third-order valence-electron chi connectivity index (χ3n) is 2.99. The summed E-state index contributed by atoms with van der Waals surface area (Å²) in [6, 6.07) is 8.05. The van der Waals surface area contributed by atoms with E-state index in [0.29, 0.717) is 13.2 Å². The van der Waals surface area contributed by atoms with Crippen LogP contribution in [0.15, 0.2) is 35.8 Å². The molecule has 0 saturated carbocycles. The van der Waals surface area contributed by atoms with Gasteiger partial charge in [0.2, 0.25) is 0 Å². The minimum Gasteiger partial charge on any atom is -0.493 e. The first kappa shape index (κ1) is 12.2. The van der Waals surface area contributed by atoms with Gasteiger partial charge in [0.05, 0.1) is 24.2 Å². The van der Waals surface area contributed by atoms with Crippen molar-refractivity contribution >= 4 is 16.3 Å². The Bertz CT molecular complexity index is 702. The highest BCUT2D eigenvalue weighted by Gasteiger charge is 2.14. The lowest BCUT2D eigenvalue weighted by atomic mass is 10.1. The van der Waals surface area contributed by atoms with E-state index < -0.39 is 0 Å². The molecule has 1 aromatic carbocycles. The maximum Gasteiger partial charge on any atom is 0.194 e. The molecule has 0 radical (unpaired) electrons. The first-order chi connectivity index (χ1) is 9.35. The number of ether oxygens (including phenoxy) is 1. The second-order valence-corrected chi connectivity index (χ2v) is 4.96. The Morgan fingerprint density at radius 3 is 3.00 bits per heavy atom. The Kier molecular flexibility index (Phi) is 3.23. The van der Waals surface area contributed by atoms with Crippen LogP contribution in [0, 0.1) is 0 Å². The predicted octanol–water partition coefficient (Wildman–Crippen LogP) is 2.92. The van der Waals surface area contributed by atoms with Crippen LogP contribution in [-0.4, -0.2) is 16.0 Å². The van der Waals surface area contributed by atoms with E-state index in [1.807, 2.05) is 31.3 Å². The molecule has 3 rings (SSSR count). The fourth-order valence-electron chi connectivity index (χ4n) is 2.16. The summed E-state index contributed by atoms with van der Waals surface area (Å²) in [7, 11) is 0. The van der Waals surface area contributed by atoms with Gasteiger partial charge in [0, 0.05) is 17.5 Å². The number of nitrogens with two attached hydrogens (primary N) is 1. The SMILES string of the molecule is CCOc1ccccc1-c1csc2ncc(CN)n12. The molecule has 3 aromatic rings. The molecule has 0 aliphatic heterocycles. The molecule has 98 valence electrons. The quantitative estimate of drug-likeness (QED) is 0.795. The molecular weight excluding hydrogens is 258 g/mol. The molecule has 2 N–H and O–H groups in total. The Morgan fingerprint density at radius 1 is 1.37 bits per heavy atom. The fourth-order valence-corrected chi connectivity index (χ4v) is 3.04. The topological polar surface area (TPSA) is 52.5 Å². The smallest absolute Gasteiger partial charge is 0.194 e. The molecule has 0 saturated heterocycles. The van der Waals surface area contributed by atoms with Gasteiger partial charge in [-0.15, -0.1) is 11.3 Å². The summed E-state index contributed by atoms with van der Waals surface area (Å²) in [5.74, 6) is 0.890. The molecule has 0 fully saturated rings. The average molecular weight is 273 g/mol. The van der Waals surface area contributed by atoms with Gasteiger partial charge in [-0.1, -0.05) is 12.1 Å². The van der Waals surface area contributed by atoms with Gasteiger partial charge in [-0.3, -0.25) is 4.40 Å². The zero-order chi connectivity index (χ0) is 13.2.